The Labute approximate surface area is 140 Å². The normalized spacial score (nSPS) is 34.9. The van der Waals surface area contributed by atoms with Crippen LogP contribution in [-0.2, 0) is 0 Å². The van der Waals surface area contributed by atoms with Crippen molar-refractivity contribution in [2.75, 3.05) is 12.3 Å². The average molecular weight is 340 g/mol. The summed E-state index contributed by atoms with van der Waals surface area (Å²) in [5.74, 6) is 3.06. The summed E-state index contributed by atoms with van der Waals surface area (Å²) in [6.45, 7) is 0. The van der Waals surface area contributed by atoms with Crippen molar-refractivity contribution >= 4 is 26.7 Å². The summed E-state index contributed by atoms with van der Waals surface area (Å²) >= 11 is 0. The van der Waals surface area contributed by atoms with Crippen LogP contribution in [0.25, 0.3) is 0 Å². The zero-order valence-corrected chi connectivity index (χ0v) is 15.0. The minimum Gasteiger partial charge on any atom is -0.256 e. The van der Waals surface area contributed by atoms with Crippen LogP contribution in [0.4, 0.5) is 0 Å². The molecule has 0 radical (unpaired) electrons. The number of pyridine rings is 2. The summed E-state index contributed by atoms with van der Waals surface area (Å²) < 4.78 is 0. The number of hydrogen-bond donors (Lipinski definition) is 0. The van der Waals surface area contributed by atoms with E-state index in [9.17, 15) is 0 Å². The molecule has 23 heavy (non-hydrogen) atoms. The van der Waals surface area contributed by atoms with Crippen LogP contribution in [0, 0.1) is 17.8 Å². The van der Waals surface area contributed by atoms with E-state index in [-0.39, 0.29) is 7.92 Å². The summed E-state index contributed by atoms with van der Waals surface area (Å²) in [6, 6.07) is 12.9. The number of nitrogens with zero attached hydrogens (tertiary/aromatic N) is 2. The Morgan fingerprint density at radius 3 is 1.91 bits per heavy atom. The minimum atomic E-state index is -0.394. The molecule has 3 saturated heterocycles. The predicted molar refractivity (Wildman–Crippen MR) is 99.4 cm³/mol. The third-order valence-electron chi connectivity index (χ3n) is 5.78. The topological polar surface area (TPSA) is 25.8 Å². The van der Waals surface area contributed by atoms with Crippen LogP contribution in [0.3, 0.4) is 0 Å². The van der Waals surface area contributed by atoms with E-state index in [1.165, 1.54) is 42.5 Å². The van der Waals surface area contributed by atoms with Crippen molar-refractivity contribution in [1.29, 1.82) is 0 Å². The van der Waals surface area contributed by atoms with E-state index in [0.717, 1.165) is 23.2 Å². The van der Waals surface area contributed by atoms with Crippen molar-refractivity contribution in [2.24, 2.45) is 17.8 Å². The lowest BCUT2D eigenvalue weighted by Gasteiger charge is -2.56. The Balaban J connectivity index is 1.58. The molecule has 4 aliphatic rings. The monoisotopic (exact) mass is 340 g/mol. The summed E-state index contributed by atoms with van der Waals surface area (Å²) in [5.41, 5.74) is 2.61. The molecule has 1 aliphatic carbocycles. The second-order valence-corrected chi connectivity index (χ2v) is 12.4. The molecule has 3 unspecified atom stereocenters. The van der Waals surface area contributed by atoms with Gasteiger partial charge in [0, 0.05) is 25.7 Å². The minimum absolute atomic E-state index is 0.187. The van der Waals surface area contributed by atoms with E-state index in [1.807, 2.05) is 24.5 Å². The molecule has 2 aromatic heterocycles. The number of rotatable bonds is 3. The van der Waals surface area contributed by atoms with Gasteiger partial charge >= 0.3 is 0 Å². The fraction of sp³-hybridized carbons (Fsp3) is 0.474. The Hall–Kier alpha value is -0.840. The lowest BCUT2D eigenvalue weighted by Crippen LogP contribution is -2.45. The maximum atomic E-state index is 4.79. The molecular weight excluding hydrogens is 318 g/mol. The van der Waals surface area contributed by atoms with Gasteiger partial charge in [0.2, 0.25) is 0 Å². The summed E-state index contributed by atoms with van der Waals surface area (Å²) in [7, 11) is -0.207. The fourth-order valence-electron chi connectivity index (χ4n) is 5.16. The highest BCUT2D eigenvalue weighted by atomic mass is 31.2. The van der Waals surface area contributed by atoms with Crippen LogP contribution >= 0.6 is 15.8 Å². The number of aromatic nitrogens is 2. The van der Waals surface area contributed by atoms with Gasteiger partial charge in [0.25, 0.3) is 0 Å². The van der Waals surface area contributed by atoms with Crippen molar-refractivity contribution in [3.8, 4) is 0 Å². The van der Waals surface area contributed by atoms with E-state index >= 15 is 0 Å². The van der Waals surface area contributed by atoms with Crippen LogP contribution in [0.15, 0.2) is 48.8 Å². The quantitative estimate of drug-likeness (QED) is 0.795. The predicted octanol–water partition coefficient (Wildman–Crippen LogP) is 3.78. The first kappa shape index (κ1) is 14.5. The van der Waals surface area contributed by atoms with Crippen LogP contribution in [0.1, 0.15) is 19.3 Å². The van der Waals surface area contributed by atoms with Gasteiger partial charge in [-0.3, -0.25) is 9.97 Å². The molecule has 5 heterocycles. The second kappa shape index (κ2) is 5.91. The van der Waals surface area contributed by atoms with Crippen molar-refractivity contribution in [2.45, 2.75) is 24.7 Å². The summed E-state index contributed by atoms with van der Waals surface area (Å²) in [6.07, 6.45) is 11.5. The Kier molecular flexibility index (Phi) is 3.72. The van der Waals surface area contributed by atoms with Gasteiger partial charge in [-0.15, -0.1) is 0 Å². The van der Waals surface area contributed by atoms with Crippen LogP contribution in [0.5, 0.6) is 0 Å². The van der Waals surface area contributed by atoms with Gasteiger partial charge in [0.15, 0.2) is 0 Å². The lowest BCUT2D eigenvalue weighted by atomic mass is 9.76. The highest BCUT2D eigenvalue weighted by molar-refractivity contribution is 7.84. The first-order chi connectivity index (χ1) is 11.4. The van der Waals surface area contributed by atoms with E-state index in [1.54, 1.807) is 0 Å². The van der Waals surface area contributed by atoms with E-state index < -0.39 is 7.92 Å². The molecule has 1 saturated carbocycles. The third-order valence-corrected chi connectivity index (χ3v) is 13.1. The Morgan fingerprint density at radius 1 is 0.826 bits per heavy atom. The second-order valence-electron chi connectivity index (χ2n) is 7.31. The molecule has 4 fully saturated rings. The van der Waals surface area contributed by atoms with Crippen molar-refractivity contribution < 1.29 is 0 Å². The van der Waals surface area contributed by atoms with E-state index in [4.69, 9.17) is 9.97 Å². The fourth-order valence-corrected chi connectivity index (χ4v) is 13.4. The molecule has 2 aromatic rings. The molecule has 3 atom stereocenters. The molecule has 4 heteroatoms. The van der Waals surface area contributed by atoms with Crippen molar-refractivity contribution in [1.82, 2.24) is 9.97 Å². The van der Waals surface area contributed by atoms with Crippen molar-refractivity contribution in [3.63, 3.8) is 0 Å². The molecule has 118 valence electrons. The average Bonchev–Trinajstić information content (AvgIpc) is 2.59. The van der Waals surface area contributed by atoms with Gasteiger partial charge in [-0.05, 0) is 73.6 Å². The largest absolute Gasteiger partial charge is 0.256 e. The lowest BCUT2D eigenvalue weighted by molar-refractivity contribution is 0.204. The zero-order chi connectivity index (χ0) is 15.2. The molecule has 0 N–H and O–H groups in total. The maximum absolute atomic E-state index is 4.79. The van der Waals surface area contributed by atoms with Gasteiger partial charge in [-0.25, -0.2) is 0 Å². The van der Waals surface area contributed by atoms with Crippen LogP contribution < -0.4 is 10.9 Å². The number of hydrogen-bond acceptors (Lipinski definition) is 2. The van der Waals surface area contributed by atoms with Gasteiger partial charge in [0.05, 0.1) is 10.9 Å². The molecule has 0 amide bonds. The molecule has 6 rings (SSSR count). The SMILES string of the molecule is c1ccc(P(c2ccccn2)C2C3CC4CC(C3)CP2C4)nc1. The maximum Gasteiger partial charge on any atom is 0.0698 e. The first-order valence-electron chi connectivity index (χ1n) is 8.74. The summed E-state index contributed by atoms with van der Waals surface area (Å²) in [5, 5.41) is 0.873. The van der Waals surface area contributed by atoms with Crippen LogP contribution in [-0.4, -0.2) is 27.7 Å². The Morgan fingerprint density at radius 2 is 1.43 bits per heavy atom. The molecule has 0 spiro atoms. The smallest absolute Gasteiger partial charge is 0.0698 e. The van der Waals surface area contributed by atoms with Gasteiger partial charge in [-0.2, -0.15) is 0 Å². The van der Waals surface area contributed by atoms with E-state index in [0.29, 0.717) is 0 Å². The zero-order valence-electron chi connectivity index (χ0n) is 13.3. The summed E-state index contributed by atoms with van der Waals surface area (Å²) in [4.78, 5) is 9.57. The Bertz CT molecular complexity index is 609. The molecule has 0 aromatic carbocycles. The first-order valence-corrected chi connectivity index (χ1v) is 11.9. The molecule has 2 nitrogen and oxygen atoms in total. The highest BCUT2D eigenvalue weighted by Crippen LogP contribution is 2.71. The molecule has 3 aliphatic heterocycles. The van der Waals surface area contributed by atoms with Crippen molar-refractivity contribution in [3.05, 3.63) is 48.8 Å². The third kappa shape index (κ3) is 2.55. The van der Waals surface area contributed by atoms with Gasteiger partial charge in [0.1, 0.15) is 0 Å². The van der Waals surface area contributed by atoms with Gasteiger partial charge in [-0.1, -0.05) is 20.1 Å². The molecular formula is C19H22N2P2. The molecule has 4 bridgehead atoms. The standard InChI is InChI=1S/C19H22N2P2/c1-3-7-20-17(5-1)23(18-6-2-4-8-21-18)19-16-10-14-9-15(11-16)13-22(19)12-14/h1-8,14-16,19H,9-13H2. The van der Waals surface area contributed by atoms with Crippen LogP contribution in [0.2, 0.25) is 0 Å². The highest BCUT2D eigenvalue weighted by Gasteiger charge is 2.51. The van der Waals surface area contributed by atoms with Gasteiger partial charge < -0.3 is 0 Å². The van der Waals surface area contributed by atoms with E-state index in [2.05, 4.69) is 24.3 Å².